The fourth-order valence-electron chi connectivity index (χ4n) is 1.28. The van der Waals surface area contributed by atoms with E-state index in [1.54, 1.807) is 0 Å². The molecule has 0 amide bonds. The second-order valence-electron chi connectivity index (χ2n) is 2.65. The molecule has 1 aliphatic rings. The highest BCUT2D eigenvalue weighted by molar-refractivity contribution is 4.65. The molecule has 1 saturated heterocycles. The van der Waals surface area contributed by atoms with Crippen molar-refractivity contribution in [3.63, 3.8) is 0 Å². The Labute approximate surface area is 64.6 Å². The zero-order chi connectivity index (χ0) is 6.53. The minimum atomic E-state index is 0. The molecule has 1 fully saturated rings. The van der Waals surface area contributed by atoms with Crippen LogP contribution in [0.4, 0.5) is 0 Å². The second kappa shape index (κ2) is 5.69. The first kappa shape index (κ1) is 9.92. The Balaban J connectivity index is 0.000000810. The van der Waals surface area contributed by atoms with Crippen LogP contribution in [0.15, 0.2) is 0 Å². The van der Waals surface area contributed by atoms with Gasteiger partial charge in [0.1, 0.15) is 0 Å². The van der Waals surface area contributed by atoms with Crippen LogP contribution < -0.4 is 5.32 Å². The van der Waals surface area contributed by atoms with Gasteiger partial charge in [0.05, 0.1) is 0 Å². The third kappa shape index (κ3) is 3.18. The number of hydrogen-bond acceptors (Lipinski definition) is 2. The van der Waals surface area contributed by atoms with E-state index in [0.717, 1.165) is 6.54 Å². The summed E-state index contributed by atoms with van der Waals surface area (Å²) >= 11 is 0. The van der Waals surface area contributed by atoms with Gasteiger partial charge in [-0.1, -0.05) is 7.43 Å². The Kier molecular flexibility index (Phi) is 5.64. The van der Waals surface area contributed by atoms with E-state index < -0.39 is 0 Å². The Morgan fingerprint density at radius 1 is 1.30 bits per heavy atom. The lowest BCUT2D eigenvalue weighted by Crippen LogP contribution is -2.27. The van der Waals surface area contributed by atoms with E-state index in [9.17, 15) is 0 Å². The van der Waals surface area contributed by atoms with E-state index in [0.29, 0.717) is 0 Å². The highest BCUT2D eigenvalue weighted by atomic mass is 15.1. The average Bonchev–Trinajstić information content (AvgIpc) is 2.34. The summed E-state index contributed by atoms with van der Waals surface area (Å²) in [7, 11) is 2.01. The van der Waals surface area contributed by atoms with Crippen molar-refractivity contribution >= 4 is 0 Å². The maximum absolute atomic E-state index is 3.15. The molecule has 1 heterocycles. The average molecular weight is 144 g/mol. The van der Waals surface area contributed by atoms with Crippen LogP contribution in [0.5, 0.6) is 0 Å². The lowest BCUT2D eigenvalue weighted by atomic mass is 10.4. The minimum absolute atomic E-state index is 0. The van der Waals surface area contributed by atoms with Crippen LogP contribution in [-0.2, 0) is 0 Å². The summed E-state index contributed by atoms with van der Waals surface area (Å²) in [4.78, 5) is 2.51. The van der Waals surface area contributed by atoms with E-state index in [1.165, 1.54) is 32.5 Å². The summed E-state index contributed by atoms with van der Waals surface area (Å²) in [6, 6.07) is 0. The van der Waals surface area contributed by atoms with Gasteiger partial charge in [0, 0.05) is 13.1 Å². The largest absolute Gasteiger partial charge is 0.318 e. The Bertz CT molecular complexity index is 67.7. The van der Waals surface area contributed by atoms with Crippen LogP contribution >= 0.6 is 0 Å². The van der Waals surface area contributed by atoms with Gasteiger partial charge in [-0.15, -0.1) is 0 Å². The normalized spacial score (nSPS) is 18.9. The molecule has 2 heteroatoms. The first-order chi connectivity index (χ1) is 4.43. The lowest BCUT2D eigenvalue weighted by molar-refractivity contribution is 0.340. The standard InChI is InChI=1S/C7H16N2.CH4/c1-8-4-7-9-5-2-3-6-9;/h8H,2-7H2,1H3;1H4. The maximum atomic E-state index is 3.15. The number of likely N-dealkylation sites (N-methyl/N-ethyl adjacent to an activating group) is 1. The zero-order valence-electron chi connectivity index (χ0n) is 6.19. The molecule has 1 rings (SSSR count). The van der Waals surface area contributed by atoms with Crippen molar-refractivity contribution in [3.8, 4) is 0 Å². The molecule has 0 spiro atoms. The molecule has 62 valence electrons. The second-order valence-corrected chi connectivity index (χ2v) is 2.65. The molecule has 1 N–H and O–H groups in total. The summed E-state index contributed by atoms with van der Waals surface area (Å²) < 4.78 is 0. The van der Waals surface area contributed by atoms with Crippen LogP contribution in [0.1, 0.15) is 20.3 Å². The Morgan fingerprint density at radius 2 is 1.90 bits per heavy atom. The molecule has 0 aliphatic carbocycles. The van der Waals surface area contributed by atoms with Gasteiger partial charge in [0.15, 0.2) is 0 Å². The van der Waals surface area contributed by atoms with Crippen molar-refractivity contribution in [1.29, 1.82) is 0 Å². The van der Waals surface area contributed by atoms with E-state index in [-0.39, 0.29) is 7.43 Å². The molecule has 0 radical (unpaired) electrons. The fraction of sp³-hybridized carbons (Fsp3) is 1.00. The Morgan fingerprint density at radius 3 is 2.40 bits per heavy atom. The molecule has 0 saturated carbocycles. The van der Waals surface area contributed by atoms with Gasteiger partial charge in [0.25, 0.3) is 0 Å². The summed E-state index contributed by atoms with van der Waals surface area (Å²) in [6.45, 7) is 5.01. The van der Waals surface area contributed by atoms with E-state index in [2.05, 4.69) is 10.2 Å². The number of likely N-dealkylation sites (tertiary alicyclic amines) is 1. The van der Waals surface area contributed by atoms with Crippen LogP contribution in [0, 0.1) is 0 Å². The topological polar surface area (TPSA) is 15.3 Å². The van der Waals surface area contributed by atoms with Crippen molar-refractivity contribution in [2.75, 3.05) is 33.2 Å². The highest BCUT2D eigenvalue weighted by Gasteiger charge is 2.09. The predicted molar refractivity (Wildman–Crippen MR) is 46.3 cm³/mol. The van der Waals surface area contributed by atoms with E-state index in [4.69, 9.17) is 0 Å². The van der Waals surface area contributed by atoms with E-state index >= 15 is 0 Å². The number of nitrogens with one attached hydrogen (secondary N) is 1. The molecule has 0 aromatic rings. The van der Waals surface area contributed by atoms with Crippen molar-refractivity contribution in [3.05, 3.63) is 0 Å². The Hall–Kier alpha value is -0.0800. The number of nitrogens with zero attached hydrogens (tertiary/aromatic N) is 1. The molecule has 1 aliphatic heterocycles. The van der Waals surface area contributed by atoms with Crippen LogP contribution in [-0.4, -0.2) is 38.1 Å². The van der Waals surface area contributed by atoms with Gasteiger partial charge >= 0.3 is 0 Å². The van der Waals surface area contributed by atoms with Crippen LogP contribution in [0.3, 0.4) is 0 Å². The summed E-state index contributed by atoms with van der Waals surface area (Å²) in [5, 5.41) is 3.15. The maximum Gasteiger partial charge on any atom is 0.0107 e. The molecule has 2 nitrogen and oxygen atoms in total. The third-order valence-corrected chi connectivity index (χ3v) is 1.88. The first-order valence-corrected chi connectivity index (χ1v) is 3.80. The van der Waals surface area contributed by atoms with Crippen molar-refractivity contribution in [1.82, 2.24) is 10.2 Å². The van der Waals surface area contributed by atoms with Gasteiger partial charge in [-0.25, -0.2) is 0 Å². The molecule has 0 aromatic heterocycles. The molecular formula is C8H20N2. The van der Waals surface area contributed by atoms with Crippen molar-refractivity contribution < 1.29 is 0 Å². The minimum Gasteiger partial charge on any atom is -0.318 e. The molecule has 0 bridgehead atoms. The van der Waals surface area contributed by atoms with Crippen molar-refractivity contribution in [2.24, 2.45) is 0 Å². The first-order valence-electron chi connectivity index (χ1n) is 3.80. The lowest BCUT2D eigenvalue weighted by Gasteiger charge is -2.12. The third-order valence-electron chi connectivity index (χ3n) is 1.88. The highest BCUT2D eigenvalue weighted by Crippen LogP contribution is 2.05. The quantitative estimate of drug-likeness (QED) is 0.634. The molecule has 0 unspecified atom stereocenters. The van der Waals surface area contributed by atoms with Crippen LogP contribution in [0.2, 0.25) is 0 Å². The van der Waals surface area contributed by atoms with Gasteiger partial charge in [-0.05, 0) is 33.0 Å². The summed E-state index contributed by atoms with van der Waals surface area (Å²) in [5.41, 5.74) is 0. The SMILES string of the molecule is C.CNCCN1CCCC1. The van der Waals surface area contributed by atoms with Crippen LogP contribution in [0.25, 0.3) is 0 Å². The van der Waals surface area contributed by atoms with Gasteiger partial charge in [0.2, 0.25) is 0 Å². The monoisotopic (exact) mass is 144 g/mol. The van der Waals surface area contributed by atoms with Gasteiger partial charge in [-0.3, -0.25) is 0 Å². The van der Waals surface area contributed by atoms with Gasteiger partial charge in [-0.2, -0.15) is 0 Å². The van der Waals surface area contributed by atoms with E-state index in [1.807, 2.05) is 7.05 Å². The van der Waals surface area contributed by atoms with Crippen molar-refractivity contribution in [2.45, 2.75) is 20.3 Å². The fourth-order valence-corrected chi connectivity index (χ4v) is 1.28. The molecular weight excluding hydrogens is 124 g/mol. The number of rotatable bonds is 3. The summed E-state index contributed by atoms with van der Waals surface area (Å²) in [5.74, 6) is 0. The molecule has 0 aromatic carbocycles. The predicted octanol–water partition coefficient (Wildman–Crippen LogP) is 0.938. The number of hydrogen-bond donors (Lipinski definition) is 1. The molecule has 10 heavy (non-hydrogen) atoms. The summed E-state index contributed by atoms with van der Waals surface area (Å²) in [6.07, 6.45) is 2.81. The molecule has 0 atom stereocenters. The zero-order valence-corrected chi connectivity index (χ0v) is 6.19. The van der Waals surface area contributed by atoms with Gasteiger partial charge < -0.3 is 10.2 Å². The smallest absolute Gasteiger partial charge is 0.0107 e.